The molecule has 3 aromatic rings. The average molecular weight is 472 g/mol. The van der Waals surface area contributed by atoms with Crippen LogP contribution in [0.2, 0.25) is 0 Å². The summed E-state index contributed by atoms with van der Waals surface area (Å²) < 4.78 is 0.518. The second-order valence-corrected chi connectivity index (χ2v) is 8.97. The van der Waals surface area contributed by atoms with Gasteiger partial charge in [-0.2, -0.15) is 0 Å². The van der Waals surface area contributed by atoms with Crippen molar-refractivity contribution in [2.24, 2.45) is 0 Å². The first kappa shape index (κ1) is 23.4. The number of aryl methyl sites for hydroxylation is 1. The Morgan fingerprint density at radius 1 is 1.12 bits per heavy atom. The molecule has 1 aromatic heterocycles. The van der Waals surface area contributed by atoms with Crippen molar-refractivity contribution in [2.75, 3.05) is 16.4 Å². The summed E-state index contributed by atoms with van der Waals surface area (Å²) in [5.74, 6) is -0.555. The maximum absolute atomic E-state index is 12.3. The van der Waals surface area contributed by atoms with Crippen LogP contribution < -0.4 is 10.6 Å². The predicted molar refractivity (Wildman–Crippen MR) is 125 cm³/mol. The molecule has 0 fully saturated rings. The van der Waals surface area contributed by atoms with E-state index in [4.69, 9.17) is 0 Å². The third-order valence-electron chi connectivity index (χ3n) is 4.33. The Morgan fingerprint density at radius 3 is 2.62 bits per heavy atom. The van der Waals surface area contributed by atoms with Gasteiger partial charge in [0.25, 0.3) is 11.6 Å². The quantitative estimate of drug-likeness (QED) is 0.189. The van der Waals surface area contributed by atoms with Gasteiger partial charge in [0.1, 0.15) is 0 Å². The Labute approximate surface area is 192 Å². The molecule has 2 aromatic carbocycles. The van der Waals surface area contributed by atoms with Crippen LogP contribution in [0, 0.1) is 10.1 Å². The van der Waals surface area contributed by atoms with Crippen molar-refractivity contribution in [3.8, 4) is 0 Å². The molecule has 11 heteroatoms. The first-order chi connectivity index (χ1) is 15.4. The lowest BCUT2D eigenvalue weighted by molar-refractivity contribution is -0.384. The molecular formula is C21H21N5O4S2. The van der Waals surface area contributed by atoms with Crippen molar-refractivity contribution in [2.45, 2.75) is 30.5 Å². The van der Waals surface area contributed by atoms with Crippen LogP contribution >= 0.6 is 23.1 Å². The summed E-state index contributed by atoms with van der Waals surface area (Å²) in [4.78, 5) is 34.8. The number of rotatable bonds is 10. The number of non-ortho nitro benzene ring substituents is 1. The molecule has 0 aliphatic heterocycles. The number of carbonyl (C=O) groups excluding carboxylic acids is 2. The number of anilines is 2. The van der Waals surface area contributed by atoms with Crippen LogP contribution in [0.4, 0.5) is 16.5 Å². The number of benzene rings is 2. The summed E-state index contributed by atoms with van der Waals surface area (Å²) in [5, 5.41) is 24.3. The van der Waals surface area contributed by atoms with Crippen LogP contribution in [0.15, 0.2) is 52.9 Å². The Morgan fingerprint density at radius 2 is 1.91 bits per heavy atom. The molecule has 0 unspecified atom stereocenters. The Hall–Kier alpha value is -3.31. The molecule has 0 saturated carbocycles. The summed E-state index contributed by atoms with van der Waals surface area (Å²) in [5.41, 5.74) is 1.95. The Bertz CT molecular complexity index is 1100. The van der Waals surface area contributed by atoms with Crippen LogP contribution in [-0.2, 0) is 11.2 Å². The normalized spacial score (nSPS) is 10.5. The molecule has 2 amide bonds. The van der Waals surface area contributed by atoms with E-state index < -0.39 is 10.8 Å². The van der Waals surface area contributed by atoms with Crippen molar-refractivity contribution >= 4 is 51.4 Å². The third kappa shape index (κ3) is 6.86. The summed E-state index contributed by atoms with van der Waals surface area (Å²) in [6.45, 7) is 2.15. The van der Waals surface area contributed by atoms with E-state index in [1.807, 2.05) is 24.3 Å². The molecule has 2 N–H and O–H groups in total. The number of nitrogens with one attached hydrogen (secondary N) is 2. The molecule has 0 aliphatic rings. The second-order valence-electron chi connectivity index (χ2n) is 6.77. The number of nitro benzene ring substituents is 1. The number of nitro groups is 1. The maximum atomic E-state index is 12.3. The third-order valence-corrected chi connectivity index (χ3v) is 6.30. The van der Waals surface area contributed by atoms with Crippen molar-refractivity contribution in [1.29, 1.82) is 0 Å². The highest BCUT2D eigenvalue weighted by molar-refractivity contribution is 8.01. The zero-order valence-corrected chi connectivity index (χ0v) is 18.9. The monoisotopic (exact) mass is 471 g/mol. The van der Waals surface area contributed by atoms with Gasteiger partial charge in [0.2, 0.25) is 11.0 Å². The van der Waals surface area contributed by atoms with Crippen molar-refractivity contribution in [1.82, 2.24) is 10.2 Å². The van der Waals surface area contributed by atoms with Crippen LogP contribution in [0.1, 0.15) is 35.7 Å². The fraction of sp³-hybridized carbons (Fsp3) is 0.238. The molecule has 0 bridgehead atoms. The van der Waals surface area contributed by atoms with Crippen molar-refractivity contribution in [3.05, 3.63) is 69.8 Å². The van der Waals surface area contributed by atoms with Crippen molar-refractivity contribution < 1.29 is 14.5 Å². The van der Waals surface area contributed by atoms with Gasteiger partial charge in [-0.3, -0.25) is 25.0 Å². The first-order valence-corrected chi connectivity index (χ1v) is 11.7. The minimum Gasteiger partial charge on any atom is -0.325 e. The zero-order chi connectivity index (χ0) is 22.9. The van der Waals surface area contributed by atoms with E-state index >= 15 is 0 Å². The van der Waals surface area contributed by atoms with E-state index in [1.165, 1.54) is 41.6 Å². The molecule has 0 saturated heterocycles. The number of amides is 2. The zero-order valence-electron chi connectivity index (χ0n) is 17.2. The number of unbranched alkanes of at least 4 members (excludes halogenated alkanes) is 1. The summed E-state index contributed by atoms with van der Waals surface area (Å²) in [6, 6.07) is 13.2. The lowest BCUT2D eigenvalue weighted by Crippen LogP contribution is -2.13. The standard InChI is InChI=1S/C21H21N5O4S2/c1-2-3-5-14-8-10-16(11-9-14)22-18(27)13-31-21-25-24-20(32-21)23-19(28)15-6-4-7-17(12-15)26(29)30/h4,6-12H,2-3,5,13H2,1H3,(H,22,27)(H,23,24,28). The Balaban J connectivity index is 1.48. The van der Waals surface area contributed by atoms with E-state index in [2.05, 4.69) is 27.8 Å². The van der Waals surface area contributed by atoms with Crippen LogP contribution in [0.25, 0.3) is 0 Å². The molecule has 0 aliphatic carbocycles. The van der Waals surface area contributed by atoms with Crippen LogP contribution in [0.3, 0.4) is 0 Å². The second kappa shape index (κ2) is 11.3. The van der Waals surface area contributed by atoms with E-state index in [1.54, 1.807) is 0 Å². The highest BCUT2D eigenvalue weighted by atomic mass is 32.2. The minimum absolute atomic E-state index is 0.142. The van der Waals surface area contributed by atoms with Gasteiger partial charge in [-0.1, -0.05) is 54.6 Å². The van der Waals surface area contributed by atoms with Gasteiger partial charge in [-0.15, -0.1) is 10.2 Å². The molecule has 0 atom stereocenters. The smallest absolute Gasteiger partial charge is 0.270 e. The van der Waals surface area contributed by atoms with Crippen LogP contribution in [0.5, 0.6) is 0 Å². The number of thioether (sulfide) groups is 1. The maximum Gasteiger partial charge on any atom is 0.270 e. The predicted octanol–water partition coefficient (Wildman–Crippen LogP) is 4.77. The Kier molecular flexibility index (Phi) is 8.28. The number of hydrogen-bond acceptors (Lipinski definition) is 8. The first-order valence-electron chi connectivity index (χ1n) is 9.85. The molecule has 166 valence electrons. The van der Waals surface area contributed by atoms with E-state index in [-0.39, 0.29) is 28.0 Å². The molecule has 0 spiro atoms. The number of carbonyl (C=O) groups is 2. The lowest BCUT2D eigenvalue weighted by Gasteiger charge is -2.05. The van der Waals surface area contributed by atoms with Gasteiger partial charge in [0, 0.05) is 23.4 Å². The highest BCUT2D eigenvalue weighted by Crippen LogP contribution is 2.26. The fourth-order valence-electron chi connectivity index (χ4n) is 2.71. The molecular weight excluding hydrogens is 450 g/mol. The van der Waals surface area contributed by atoms with E-state index in [0.29, 0.717) is 4.34 Å². The van der Waals surface area contributed by atoms with Gasteiger partial charge < -0.3 is 5.32 Å². The minimum atomic E-state index is -0.567. The van der Waals surface area contributed by atoms with Crippen LogP contribution in [-0.4, -0.2) is 32.7 Å². The summed E-state index contributed by atoms with van der Waals surface area (Å²) in [6.07, 6.45) is 3.30. The van der Waals surface area contributed by atoms with Crippen molar-refractivity contribution in [3.63, 3.8) is 0 Å². The molecule has 0 radical (unpaired) electrons. The summed E-state index contributed by atoms with van der Waals surface area (Å²) >= 11 is 2.32. The van der Waals surface area contributed by atoms with E-state index in [9.17, 15) is 19.7 Å². The number of aromatic nitrogens is 2. The van der Waals surface area contributed by atoms with Gasteiger partial charge in [0.05, 0.1) is 10.7 Å². The SMILES string of the molecule is CCCCc1ccc(NC(=O)CSc2nnc(NC(=O)c3cccc([N+](=O)[O-])c3)s2)cc1. The number of nitrogens with zero attached hydrogens (tertiary/aromatic N) is 3. The van der Waals surface area contributed by atoms with E-state index in [0.717, 1.165) is 36.3 Å². The molecule has 1 heterocycles. The topological polar surface area (TPSA) is 127 Å². The molecule has 9 nitrogen and oxygen atoms in total. The van der Waals surface area contributed by atoms with Gasteiger partial charge >= 0.3 is 0 Å². The average Bonchev–Trinajstić information content (AvgIpc) is 3.24. The van der Waals surface area contributed by atoms with Gasteiger partial charge in [0.15, 0.2) is 4.34 Å². The lowest BCUT2D eigenvalue weighted by atomic mass is 10.1. The van der Waals surface area contributed by atoms with Gasteiger partial charge in [-0.05, 0) is 36.6 Å². The highest BCUT2D eigenvalue weighted by Gasteiger charge is 2.14. The molecule has 32 heavy (non-hydrogen) atoms. The number of hydrogen-bond donors (Lipinski definition) is 2. The summed E-state index contributed by atoms with van der Waals surface area (Å²) in [7, 11) is 0. The van der Waals surface area contributed by atoms with Gasteiger partial charge in [-0.25, -0.2) is 0 Å². The fourth-order valence-corrected chi connectivity index (χ4v) is 4.26. The largest absolute Gasteiger partial charge is 0.325 e. The molecule has 3 rings (SSSR count).